The summed E-state index contributed by atoms with van der Waals surface area (Å²) in [6.07, 6.45) is 1.38. The lowest BCUT2D eigenvalue weighted by Crippen LogP contribution is -2.32. The fourth-order valence-electron chi connectivity index (χ4n) is 2.38. The van der Waals surface area contributed by atoms with Gasteiger partial charge in [-0.05, 0) is 53.6 Å². The largest absolute Gasteiger partial charge is 0.489 e. The van der Waals surface area contributed by atoms with E-state index in [0.717, 1.165) is 5.56 Å². The van der Waals surface area contributed by atoms with Gasteiger partial charge in [0.15, 0.2) is 0 Å². The maximum atomic E-state index is 13.7. The molecule has 0 saturated heterocycles. The Morgan fingerprint density at radius 1 is 1.00 bits per heavy atom. The SMILES string of the molecule is O=C(NN=Cc1ccc(OCc2ccccc2)cc1)C(=O)Nc1ccc(Br)cc1F. The second kappa shape index (κ2) is 10.3. The quantitative estimate of drug-likeness (QED) is 0.321. The molecule has 3 aromatic rings. The molecule has 0 bridgehead atoms. The number of nitrogens with zero attached hydrogens (tertiary/aromatic N) is 1. The molecule has 6 nitrogen and oxygen atoms in total. The number of nitrogens with one attached hydrogen (secondary N) is 2. The van der Waals surface area contributed by atoms with Crippen molar-refractivity contribution in [1.82, 2.24) is 5.43 Å². The number of carbonyl (C=O) groups is 2. The van der Waals surface area contributed by atoms with Crippen LogP contribution in [0.2, 0.25) is 0 Å². The molecule has 0 aliphatic carbocycles. The van der Waals surface area contributed by atoms with Crippen molar-refractivity contribution in [3.8, 4) is 5.75 Å². The average molecular weight is 470 g/mol. The van der Waals surface area contributed by atoms with E-state index in [1.807, 2.05) is 30.3 Å². The molecule has 0 atom stereocenters. The Morgan fingerprint density at radius 2 is 1.73 bits per heavy atom. The molecular weight excluding hydrogens is 453 g/mol. The molecule has 0 fully saturated rings. The molecule has 152 valence electrons. The first-order valence-electron chi connectivity index (χ1n) is 8.87. The van der Waals surface area contributed by atoms with Gasteiger partial charge in [0.1, 0.15) is 18.2 Å². The van der Waals surface area contributed by atoms with Gasteiger partial charge in [0.2, 0.25) is 0 Å². The molecule has 0 saturated carbocycles. The molecule has 3 rings (SSSR count). The first kappa shape index (κ1) is 21.2. The van der Waals surface area contributed by atoms with Gasteiger partial charge >= 0.3 is 11.8 Å². The van der Waals surface area contributed by atoms with E-state index in [1.165, 1.54) is 18.3 Å². The summed E-state index contributed by atoms with van der Waals surface area (Å²) in [5, 5.41) is 5.92. The van der Waals surface area contributed by atoms with Crippen LogP contribution in [-0.4, -0.2) is 18.0 Å². The lowest BCUT2D eigenvalue weighted by atomic mass is 10.2. The van der Waals surface area contributed by atoms with Crippen LogP contribution in [0, 0.1) is 5.82 Å². The topological polar surface area (TPSA) is 79.8 Å². The highest BCUT2D eigenvalue weighted by Gasteiger charge is 2.15. The Hall–Kier alpha value is -3.52. The van der Waals surface area contributed by atoms with E-state index < -0.39 is 17.6 Å². The molecule has 0 aliphatic rings. The van der Waals surface area contributed by atoms with Gasteiger partial charge in [-0.3, -0.25) is 9.59 Å². The van der Waals surface area contributed by atoms with Crippen LogP contribution in [0.4, 0.5) is 10.1 Å². The third kappa shape index (κ3) is 6.25. The molecule has 0 spiro atoms. The fourth-order valence-corrected chi connectivity index (χ4v) is 2.71. The summed E-state index contributed by atoms with van der Waals surface area (Å²) in [5.41, 5.74) is 3.75. The minimum Gasteiger partial charge on any atom is -0.489 e. The number of carbonyl (C=O) groups excluding carboxylic acids is 2. The fraction of sp³-hybridized carbons (Fsp3) is 0.0455. The summed E-state index contributed by atoms with van der Waals surface area (Å²) in [7, 11) is 0. The number of anilines is 1. The second-order valence-electron chi connectivity index (χ2n) is 6.12. The lowest BCUT2D eigenvalue weighted by molar-refractivity contribution is -0.136. The van der Waals surface area contributed by atoms with Gasteiger partial charge in [0, 0.05) is 4.47 Å². The van der Waals surface area contributed by atoms with Crippen LogP contribution in [0.5, 0.6) is 5.75 Å². The first-order valence-corrected chi connectivity index (χ1v) is 9.67. The average Bonchev–Trinajstić information content (AvgIpc) is 2.75. The zero-order valence-electron chi connectivity index (χ0n) is 15.6. The minimum absolute atomic E-state index is 0.103. The number of benzene rings is 3. The van der Waals surface area contributed by atoms with Gasteiger partial charge in [-0.1, -0.05) is 46.3 Å². The van der Waals surface area contributed by atoms with Crippen LogP contribution < -0.4 is 15.5 Å². The van der Waals surface area contributed by atoms with Gasteiger partial charge in [-0.25, -0.2) is 9.82 Å². The zero-order valence-corrected chi connectivity index (χ0v) is 17.2. The van der Waals surface area contributed by atoms with Crippen LogP contribution in [-0.2, 0) is 16.2 Å². The van der Waals surface area contributed by atoms with Crippen LogP contribution in [0.15, 0.2) is 82.4 Å². The van der Waals surface area contributed by atoms with Crippen molar-refractivity contribution in [3.05, 3.63) is 94.2 Å². The Kier molecular flexibility index (Phi) is 7.29. The first-order chi connectivity index (χ1) is 14.5. The molecule has 30 heavy (non-hydrogen) atoms. The molecule has 0 aromatic heterocycles. The normalized spacial score (nSPS) is 10.6. The lowest BCUT2D eigenvalue weighted by Gasteiger charge is -2.06. The van der Waals surface area contributed by atoms with Crippen molar-refractivity contribution in [3.63, 3.8) is 0 Å². The summed E-state index contributed by atoms with van der Waals surface area (Å²) in [4.78, 5) is 23.6. The predicted octanol–water partition coefficient (Wildman–Crippen LogP) is 4.26. The number of ether oxygens (including phenoxy) is 1. The summed E-state index contributed by atoms with van der Waals surface area (Å²) >= 11 is 3.11. The van der Waals surface area contributed by atoms with Gasteiger partial charge < -0.3 is 10.1 Å². The molecule has 2 amide bonds. The number of rotatable bonds is 6. The van der Waals surface area contributed by atoms with Crippen LogP contribution in [0.3, 0.4) is 0 Å². The van der Waals surface area contributed by atoms with Crippen molar-refractivity contribution < 1.29 is 18.7 Å². The molecular formula is C22H17BrFN3O3. The van der Waals surface area contributed by atoms with Crippen molar-refractivity contribution in [2.75, 3.05) is 5.32 Å². The van der Waals surface area contributed by atoms with Crippen LogP contribution in [0.25, 0.3) is 0 Å². The Labute approximate surface area is 180 Å². The third-order valence-corrected chi connectivity index (χ3v) is 4.39. The highest BCUT2D eigenvalue weighted by Crippen LogP contribution is 2.19. The number of halogens is 2. The molecule has 0 unspecified atom stereocenters. The minimum atomic E-state index is -1.03. The molecule has 3 aromatic carbocycles. The maximum absolute atomic E-state index is 13.7. The Bertz CT molecular complexity index is 1060. The summed E-state index contributed by atoms with van der Waals surface area (Å²) in [6.45, 7) is 0.457. The number of hydrogen-bond donors (Lipinski definition) is 2. The van der Waals surface area contributed by atoms with Gasteiger partial charge in [-0.2, -0.15) is 5.10 Å². The van der Waals surface area contributed by atoms with Crippen LogP contribution >= 0.6 is 15.9 Å². The van der Waals surface area contributed by atoms with E-state index in [1.54, 1.807) is 30.3 Å². The smallest absolute Gasteiger partial charge is 0.329 e. The Balaban J connectivity index is 1.48. The second-order valence-corrected chi connectivity index (χ2v) is 7.04. The molecule has 0 radical (unpaired) electrons. The van der Waals surface area contributed by atoms with Crippen molar-refractivity contribution in [2.45, 2.75) is 6.61 Å². The molecule has 0 aliphatic heterocycles. The van der Waals surface area contributed by atoms with E-state index in [9.17, 15) is 14.0 Å². The van der Waals surface area contributed by atoms with Crippen molar-refractivity contribution in [1.29, 1.82) is 0 Å². The summed E-state index contributed by atoms with van der Waals surface area (Å²) < 4.78 is 19.9. The van der Waals surface area contributed by atoms with E-state index in [2.05, 4.69) is 31.8 Å². The van der Waals surface area contributed by atoms with E-state index in [4.69, 9.17) is 4.74 Å². The number of amides is 2. The summed E-state index contributed by atoms with van der Waals surface area (Å²) in [5.74, 6) is -2.02. The highest BCUT2D eigenvalue weighted by molar-refractivity contribution is 9.10. The van der Waals surface area contributed by atoms with Crippen molar-refractivity contribution >= 4 is 39.6 Å². The van der Waals surface area contributed by atoms with Crippen molar-refractivity contribution in [2.24, 2.45) is 5.10 Å². The summed E-state index contributed by atoms with van der Waals surface area (Å²) in [6, 6.07) is 20.9. The van der Waals surface area contributed by atoms with Gasteiger partial charge in [0.05, 0.1) is 11.9 Å². The zero-order chi connectivity index (χ0) is 21.3. The molecule has 2 N–H and O–H groups in total. The molecule has 8 heteroatoms. The predicted molar refractivity (Wildman–Crippen MR) is 116 cm³/mol. The van der Waals surface area contributed by atoms with E-state index in [0.29, 0.717) is 22.4 Å². The third-order valence-electron chi connectivity index (χ3n) is 3.89. The maximum Gasteiger partial charge on any atom is 0.329 e. The number of hydrazone groups is 1. The highest BCUT2D eigenvalue weighted by atomic mass is 79.9. The molecule has 0 heterocycles. The Morgan fingerprint density at radius 3 is 2.43 bits per heavy atom. The van der Waals surface area contributed by atoms with Gasteiger partial charge in [0.25, 0.3) is 0 Å². The standard InChI is InChI=1S/C22H17BrFN3O3/c23-17-8-11-20(19(24)12-17)26-21(28)22(29)27-25-13-15-6-9-18(10-7-15)30-14-16-4-2-1-3-5-16/h1-13H,14H2,(H,26,28)(H,27,29). The monoisotopic (exact) mass is 469 g/mol. The van der Waals surface area contributed by atoms with E-state index >= 15 is 0 Å². The number of hydrogen-bond acceptors (Lipinski definition) is 4. The van der Waals surface area contributed by atoms with Gasteiger partial charge in [-0.15, -0.1) is 0 Å². The van der Waals surface area contributed by atoms with Crippen LogP contribution in [0.1, 0.15) is 11.1 Å². The van der Waals surface area contributed by atoms with E-state index in [-0.39, 0.29) is 5.69 Å².